The average Bonchev–Trinajstić information content (AvgIpc) is 3.16. The number of H-pyrrole nitrogens is 1. The SMILES string of the molecule is COc1cc(C(Nc2ccc(C(=N)N)cc2)c2nn(-c3ccccc3C(N)=O)c(=O)[nH]2)cc2c1OCCCO2. The number of aromatic amines is 1. The van der Waals surface area contributed by atoms with Crippen LogP contribution in [0.4, 0.5) is 5.69 Å². The molecule has 200 valence electrons. The number of primary amides is 1. The van der Waals surface area contributed by atoms with E-state index in [1.54, 1.807) is 54.6 Å². The first-order valence-corrected chi connectivity index (χ1v) is 12.1. The molecule has 0 saturated carbocycles. The Morgan fingerprint density at radius 2 is 1.87 bits per heavy atom. The topological polar surface area (TPSA) is 183 Å². The van der Waals surface area contributed by atoms with Crippen LogP contribution in [0.5, 0.6) is 17.2 Å². The lowest BCUT2D eigenvalue weighted by atomic mass is 10.0. The second-order valence-electron chi connectivity index (χ2n) is 8.78. The van der Waals surface area contributed by atoms with E-state index in [2.05, 4.69) is 15.4 Å². The van der Waals surface area contributed by atoms with Crippen molar-refractivity contribution in [2.75, 3.05) is 25.6 Å². The minimum absolute atomic E-state index is 0.0538. The number of rotatable bonds is 8. The summed E-state index contributed by atoms with van der Waals surface area (Å²) in [7, 11) is 1.54. The average molecular weight is 530 g/mol. The minimum atomic E-state index is -0.700. The van der Waals surface area contributed by atoms with Gasteiger partial charge in [-0.3, -0.25) is 15.2 Å². The summed E-state index contributed by atoms with van der Waals surface area (Å²) in [5.41, 5.74) is 12.9. The van der Waals surface area contributed by atoms with Gasteiger partial charge < -0.3 is 31.0 Å². The van der Waals surface area contributed by atoms with Crippen molar-refractivity contribution < 1.29 is 19.0 Å². The van der Waals surface area contributed by atoms with Gasteiger partial charge in [0, 0.05) is 17.7 Å². The molecular weight excluding hydrogens is 502 g/mol. The lowest BCUT2D eigenvalue weighted by molar-refractivity contribution is 0.1000. The van der Waals surface area contributed by atoms with Crippen LogP contribution in [0.3, 0.4) is 0 Å². The number of hydrogen-bond donors (Lipinski definition) is 5. The molecule has 1 aliphatic rings. The van der Waals surface area contributed by atoms with Gasteiger partial charge in [-0.1, -0.05) is 12.1 Å². The van der Waals surface area contributed by atoms with Crippen LogP contribution in [0.25, 0.3) is 5.69 Å². The fourth-order valence-corrected chi connectivity index (χ4v) is 4.30. The van der Waals surface area contributed by atoms with Crippen molar-refractivity contribution in [1.82, 2.24) is 14.8 Å². The Bertz CT molecular complexity index is 1590. The molecule has 1 aromatic heterocycles. The van der Waals surface area contributed by atoms with Gasteiger partial charge in [-0.15, -0.1) is 5.10 Å². The van der Waals surface area contributed by atoms with Crippen LogP contribution in [-0.2, 0) is 0 Å². The lowest BCUT2D eigenvalue weighted by Gasteiger charge is -2.21. The molecule has 1 atom stereocenters. The second-order valence-corrected chi connectivity index (χ2v) is 8.78. The molecule has 3 aromatic carbocycles. The summed E-state index contributed by atoms with van der Waals surface area (Å²) in [5, 5.41) is 15.6. The third kappa shape index (κ3) is 5.12. The number of nitrogen functional groups attached to an aromatic ring is 1. The first kappa shape index (κ1) is 25.4. The molecule has 5 rings (SSSR count). The highest BCUT2D eigenvalue weighted by molar-refractivity contribution is 5.96. The molecular formula is C27H27N7O5. The number of hydrogen-bond acceptors (Lipinski definition) is 8. The molecule has 4 aromatic rings. The van der Waals surface area contributed by atoms with Crippen molar-refractivity contribution in [3.8, 4) is 22.9 Å². The monoisotopic (exact) mass is 529 g/mol. The van der Waals surface area contributed by atoms with Gasteiger partial charge in [0.1, 0.15) is 11.9 Å². The van der Waals surface area contributed by atoms with Crippen LogP contribution in [0.15, 0.2) is 65.5 Å². The number of methoxy groups -OCH3 is 1. The number of benzene rings is 3. The molecule has 7 N–H and O–H groups in total. The van der Waals surface area contributed by atoms with E-state index in [9.17, 15) is 9.59 Å². The fourth-order valence-electron chi connectivity index (χ4n) is 4.30. The number of nitrogens with zero attached hydrogens (tertiary/aromatic N) is 2. The predicted octanol–water partition coefficient (Wildman–Crippen LogP) is 2.31. The van der Waals surface area contributed by atoms with Crippen molar-refractivity contribution in [3.63, 3.8) is 0 Å². The van der Waals surface area contributed by atoms with Crippen LogP contribution in [-0.4, -0.2) is 46.8 Å². The van der Waals surface area contributed by atoms with E-state index < -0.39 is 17.6 Å². The number of anilines is 1. The molecule has 0 aliphatic carbocycles. The Balaban J connectivity index is 1.63. The van der Waals surface area contributed by atoms with Gasteiger partial charge in [0.15, 0.2) is 17.3 Å². The zero-order chi connectivity index (χ0) is 27.5. The van der Waals surface area contributed by atoms with Crippen molar-refractivity contribution >= 4 is 17.4 Å². The summed E-state index contributed by atoms with van der Waals surface area (Å²) in [6, 6.07) is 16.3. The van der Waals surface area contributed by atoms with E-state index in [1.807, 2.05) is 0 Å². The van der Waals surface area contributed by atoms with Gasteiger partial charge >= 0.3 is 5.69 Å². The highest BCUT2D eigenvalue weighted by Crippen LogP contribution is 2.42. The Hall–Kier alpha value is -5.26. The number of amides is 1. The molecule has 0 spiro atoms. The molecule has 39 heavy (non-hydrogen) atoms. The Labute approximate surface area is 223 Å². The summed E-state index contributed by atoms with van der Waals surface area (Å²) >= 11 is 0. The van der Waals surface area contributed by atoms with Gasteiger partial charge in [0.05, 0.1) is 31.6 Å². The molecule has 2 heterocycles. The summed E-state index contributed by atoms with van der Waals surface area (Å²) in [4.78, 5) is 27.9. The molecule has 0 radical (unpaired) electrons. The van der Waals surface area contributed by atoms with Crippen LogP contribution < -0.4 is 36.7 Å². The Kier molecular flexibility index (Phi) is 6.91. The molecule has 12 heteroatoms. The van der Waals surface area contributed by atoms with Gasteiger partial charge in [-0.25, -0.2) is 4.79 Å². The number of amidine groups is 1. The first-order valence-electron chi connectivity index (χ1n) is 12.1. The summed E-state index contributed by atoms with van der Waals surface area (Å²) in [5.74, 6) is 0.978. The highest BCUT2D eigenvalue weighted by atomic mass is 16.5. The maximum Gasteiger partial charge on any atom is 0.348 e. The molecule has 1 unspecified atom stereocenters. The third-order valence-corrected chi connectivity index (χ3v) is 6.20. The number of carbonyl (C=O) groups excluding carboxylic acids is 1. The number of fused-ring (bicyclic) bond motifs is 1. The van der Waals surface area contributed by atoms with Crippen molar-refractivity contribution in [3.05, 3.63) is 93.7 Å². The molecule has 0 fully saturated rings. The third-order valence-electron chi connectivity index (χ3n) is 6.20. The summed E-state index contributed by atoms with van der Waals surface area (Å²) in [6.45, 7) is 0.962. The van der Waals surface area contributed by atoms with E-state index in [1.165, 1.54) is 13.2 Å². The van der Waals surface area contributed by atoms with Gasteiger partial charge in [0.25, 0.3) is 5.91 Å². The lowest BCUT2D eigenvalue weighted by Crippen LogP contribution is -2.21. The minimum Gasteiger partial charge on any atom is -0.493 e. The molecule has 12 nitrogen and oxygen atoms in total. The maximum atomic E-state index is 13.1. The fraction of sp³-hybridized carbons (Fsp3) is 0.185. The Morgan fingerprint density at radius 3 is 2.59 bits per heavy atom. The molecule has 0 saturated heterocycles. The van der Waals surface area contributed by atoms with E-state index in [0.717, 1.165) is 4.68 Å². The summed E-state index contributed by atoms with van der Waals surface area (Å²) in [6.07, 6.45) is 0.717. The van der Waals surface area contributed by atoms with Crippen LogP contribution >= 0.6 is 0 Å². The zero-order valence-corrected chi connectivity index (χ0v) is 21.1. The predicted molar refractivity (Wildman–Crippen MR) is 144 cm³/mol. The Morgan fingerprint density at radius 1 is 1.13 bits per heavy atom. The quantitative estimate of drug-likeness (QED) is 0.170. The van der Waals surface area contributed by atoms with Crippen molar-refractivity contribution in [1.29, 1.82) is 5.41 Å². The molecule has 0 bridgehead atoms. The number of nitrogens with one attached hydrogen (secondary N) is 3. The first-order chi connectivity index (χ1) is 18.9. The largest absolute Gasteiger partial charge is 0.493 e. The number of nitrogens with two attached hydrogens (primary N) is 2. The van der Waals surface area contributed by atoms with Crippen LogP contribution in [0.1, 0.15) is 39.8 Å². The standard InChI is InChI=1S/C27H27N7O5/c1-37-20-13-16(14-21-23(20)39-12-4-11-38-21)22(31-17-9-7-15(8-10-17)24(28)29)26-32-27(36)34(33-26)19-6-3-2-5-18(19)25(30)35/h2-3,5-10,13-14,22,31H,4,11-12H2,1H3,(H3,28,29)(H2,30,35)(H,32,33,36). The second kappa shape index (κ2) is 10.6. The van der Waals surface area contributed by atoms with Crippen LogP contribution in [0, 0.1) is 5.41 Å². The van der Waals surface area contributed by atoms with Crippen molar-refractivity contribution in [2.24, 2.45) is 11.5 Å². The number of para-hydroxylation sites is 1. The molecule has 1 amide bonds. The highest BCUT2D eigenvalue weighted by Gasteiger charge is 2.26. The van der Waals surface area contributed by atoms with E-state index in [-0.39, 0.29) is 22.9 Å². The zero-order valence-electron chi connectivity index (χ0n) is 21.1. The summed E-state index contributed by atoms with van der Waals surface area (Å²) < 4.78 is 18.5. The molecule has 1 aliphatic heterocycles. The van der Waals surface area contributed by atoms with Gasteiger partial charge in [-0.05, 0) is 54.1 Å². The number of carbonyl (C=O) groups is 1. The maximum absolute atomic E-state index is 13.1. The van der Waals surface area contributed by atoms with E-state index >= 15 is 0 Å². The normalized spacial score (nSPS) is 13.3. The number of aromatic nitrogens is 3. The van der Waals surface area contributed by atoms with Gasteiger partial charge in [0.2, 0.25) is 5.75 Å². The van der Waals surface area contributed by atoms with E-state index in [4.69, 9.17) is 31.1 Å². The van der Waals surface area contributed by atoms with Crippen LogP contribution in [0.2, 0.25) is 0 Å². The van der Waals surface area contributed by atoms with Gasteiger partial charge in [-0.2, -0.15) is 4.68 Å². The van der Waals surface area contributed by atoms with Crippen molar-refractivity contribution in [2.45, 2.75) is 12.5 Å². The van der Waals surface area contributed by atoms with E-state index in [0.29, 0.717) is 53.7 Å². The smallest absolute Gasteiger partial charge is 0.348 e. The number of ether oxygens (including phenoxy) is 3.